The Balaban J connectivity index is 0.00000324. The maximum Gasteiger partial charge on any atom is 0.222 e. The Morgan fingerprint density at radius 1 is 0.853 bits per heavy atom. The van der Waals surface area contributed by atoms with Gasteiger partial charge < -0.3 is 11.1 Å². The summed E-state index contributed by atoms with van der Waals surface area (Å²) in [7, 11) is -3.56. The first-order chi connectivity index (χ1) is 15.9. The van der Waals surface area contributed by atoms with Crippen molar-refractivity contribution in [3.05, 3.63) is 72.3 Å². The summed E-state index contributed by atoms with van der Waals surface area (Å²) < 4.78 is 25.4. The van der Waals surface area contributed by atoms with Gasteiger partial charge in [-0.1, -0.05) is 30.3 Å². The minimum atomic E-state index is -3.56. The Morgan fingerprint density at radius 3 is 2.18 bits per heavy atom. The molecule has 10 nitrogen and oxygen atoms in total. The van der Waals surface area contributed by atoms with Crippen molar-refractivity contribution in [3.63, 3.8) is 0 Å². The minimum absolute atomic E-state index is 0. The highest BCUT2D eigenvalue weighted by Gasteiger charge is 2.17. The maximum atomic E-state index is 12.7. The number of hydrogen-bond donors (Lipinski definition) is 6. The lowest BCUT2D eigenvalue weighted by Gasteiger charge is -2.15. The summed E-state index contributed by atoms with van der Waals surface area (Å²) in [5.74, 6) is 0.0225. The molecule has 0 saturated heterocycles. The van der Waals surface area contributed by atoms with E-state index in [0.29, 0.717) is 29.6 Å². The summed E-state index contributed by atoms with van der Waals surface area (Å²) in [5, 5.41) is 22.6. The van der Waals surface area contributed by atoms with E-state index < -0.39 is 9.84 Å². The van der Waals surface area contributed by atoms with Crippen LogP contribution in [-0.4, -0.2) is 35.3 Å². The number of halogens is 1. The predicted octanol–water partition coefficient (Wildman–Crippen LogP) is 3.72. The third kappa shape index (κ3) is 4.97. The first-order valence-electron chi connectivity index (χ1n) is 9.97. The van der Waals surface area contributed by atoms with E-state index in [1.807, 2.05) is 5.48 Å². The van der Waals surface area contributed by atoms with E-state index in [1.54, 1.807) is 66.7 Å². The van der Waals surface area contributed by atoms with Gasteiger partial charge in [-0.25, -0.2) is 13.4 Å². The van der Waals surface area contributed by atoms with E-state index in [2.05, 4.69) is 20.8 Å². The van der Waals surface area contributed by atoms with Crippen molar-refractivity contribution in [2.75, 3.05) is 28.6 Å². The SMILES string of the molecule is Cl.Nc1nc(NO)c2c(NO)c(NCCc3ccc(S(=O)(=O)c4ccccc4)cc3)ccc2n1. The molecule has 3 aromatic carbocycles. The largest absolute Gasteiger partial charge is 0.383 e. The van der Waals surface area contributed by atoms with Crippen LogP contribution >= 0.6 is 12.4 Å². The third-order valence-corrected chi connectivity index (χ3v) is 6.90. The smallest absolute Gasteiger partial charge is 0.222 e. The molecule has 7 N–H and O–H groups in total. The lowest BCUT2D eigenvalue weighted by Crippen LogP contribution is -2.09. The molecule has 4 aromatic rings. The maximum absolute atomic E-state index is 12.7. The van der Waals surface area contributed by atoms with Gasteiger partial charge in [0.25, 0.3) is 0 Å². The standard InChI is InChI=1S/C22H22N6O4S.ClH/c23-22-25-17-10-11-18(20(27-29)19(17)21(26-22)28-30)24-13-12-14-6-8-16(9-7-14)33(31,32)15-4-2-1-3-5-15;/h1-11,24,27,29-30H,12-13H2,(H3,23,25,26,28);1H. The number of nitrogen functional groups attached to an aromatic ring is 1. The van der Waals surface area contributed by atoms with Crippen molar-refractivity contribution >= 4 is 56.3 Å². The van der Waals surface area contributed by atoms with E-state index in [0.717, 1.165) is 5.56 Å². The fraction of sp³-hybridized carbons (Fsp3) is 0.0909. The highest BCUT2D eigenvalue weighted by Crippen LogP contribution is 2.34. The predicted molar refractivity (Wildman–Crippen MR) is 133 cm³/mol. The quantitative estimate of drug-likeness (QED) is 0.196. The summed E-state index contributed by atoms with van der Waals surface area (Å²) >= 11 is 0. The van der Waals surface area contributed by atoms with Gasteiger partial charge in [0.05, 0.1) is 32.1 Å². The molecule has 0 radical (unpaired) electrons. The molecule has 12 heteroatoms. The van der Waals surface area contributed by atoms with Crippen LogP contribution in [0.25, 0.3) is 10.9 Å². The van der Waals surface area contributed by atoms with Crippen molar-refractivity contribution in [2.24, 2.45) is 0 Å². The topological polar surface area (TPSA) is 162 Å². The van der Waals surface area contributed by atoms with Gasteiger partial charge in [0.15, 0.2) is 5.82 Å². The molecule has 0 spiro atoms. The molecule has 0 saturated carbocycles. The normalized spacial score (nSPS) is 11.0. The zero-order valence-corrected chi connectivity index (χ0v) is 19.4. The molecule has 0 unspecified atom stereocenters. The number of nitrogens with one attached hydrogen (secondary N) is 3. The molecule has 0 aliphatic rings. The van der Waals surface area contributed by atoms with Crippen molar-refractivity contribution in [3.8, 4) is 0 Å². The Hall–Kier alpha value is -3.64. The molecule has 4 rings (SSSR count). The van der Waals surface area contributed by atoms with Gasteiger partial charge in [-0.3, -0.25) is 21.4 Å². The van der Waals surface area contributed by atoms with Gasteiger partial charge in [0.1, 0.15) is 0 Å². The number of fused-ring (bicyclic) bond motifs is 1. The van der Waals surface area contributed by atoms with E-state index in [-0.39, 0.29) is 39.7 Å². The fourth-order valence-electron chi connectivity index (χ4n) is 3.50. The Bertz CT molecular complexity index is 1390. The molecular weight excluding hydrogens is 480 g/mol. The Kier molecular flexibility index (Phi) is 7.74. The van der Waals surface area contributed by atoms with Crippen molar-refractivity contribution in [1.29, 1.82) is 0 Å². The first-order valence-corrected chi connectivity index (χ1v) is 11.5. The highest BCUT2D eigenvalue weighted by molar-refractivity contribution is 7.91. The summed E-state index contributed by atoms with van der Waals surface area (Å²) in [5.41, 5.74) is 11.9. The summed E-state index contributed by atoms with van der Waals surface area (Å²) in [6, 6.07) is 18.4. The first kappa shape index (κ1) is 25.0. The second-order valence-corrected chi connectivity index (χ2v) is 9.12. The van der Waals surface area contributed by atoms with Gasteiger partial charge in [0, 0.05) is 6.54 Å². The molecular formula is C22H23ClN6O4S. The van der Waals surface area contributed by atoms with Crippen molar-refractivity contribution in [1.82, 2.24) is 9.97 Å². The average molecular weight is 503 g/mol. The zero-order chi connectivity index (χ0) is 23.4. The molecule has 34 heavy (non-hydrogen) atoms. The average Bonchev–Trinajstić information content (AvgIpc) is 2.84. The van der Waals surface area contributed by atoms with Crippen LogP contribution in [0.2, 0.25) is 0 Å². The second-order valence-electron chi connectivity index (χ2n) is 7.17. The summed E-state index contributed by atoms with van der Waals surface area (Å²) in [6.07, 6.45) is 0.595. The number of anilines is 4. The summed E-state index contributed by atoms with van der Waals surface area (Å²) in [6.45, 7) is 0.489. The minimum Gasteiger partial charge on any atom is -0.383 e. The van der Waals surface area contributed by atoms with Crippen molar-refractivity contribution in [2.45, 2.75) is 16.2 Å². The third-order valence-electron chi connectivity index (χ3n) is 5.12. The summed E-state index contributed by atoms with van der Waals surface area (Å²) in [4.78, 5) is 8.51. The lowest BCUT2D eigenvalue weighted by molar-refractivity contribution is 0.385. The Labute approximate surface area is 202 Å². The molecule has 1 aromatic heterocycles. The number of nitrogens with zero attached hydrogens (tertiary/aromatic N) is 2. The molecule has 0 atom stereocenters. The fourth-order valence-corrected chi connectivity index (χ4v) is 4.78. The van der Waals surface area contributed by atoms with Gasteiger partial charge in [-0.2, -0.15) is 4.98 Å². The van der Waals surface area contributed by atoms with E-state index in [4.69, 9.17) is 5.73 Å². The number of benzene rings is 3. The van der Waals surface area contributed by atoms with Crippen LogP contribution in [0, 0.1) is 0 Å². The molecule has 0 amide bonds. The van der Waals surface area contributed by atoms with Crippen LogP contribution in [0.3, 0.4) is 0 Å². The van der Waals surface area contributed by atoms with E-state index >= 15 is 0 Å². The number of rotatable bonds is 8. The van der Waals surface area contributed by atoms with Crippen LogP contribution < -0.4 is 22.0 Å². The van der Waals surface area contributed by atoms with E-state index in [9.17, 15) is 18.8 Å². The molecule has 0 bridgehead atoms. The van der Waals surface area contributed by atoms with Gasteiger partial charge in [0.2, 0.25) is 15.8 Å². The van der Waals surface area contributed by atoms with E-state index in [1.165, 1.54) is 0 Å². The molecule has 178 valence electrons. The van der Waals surface area contributed by atoms with Gasteiger partial charge in [-0.15, -0.1) is 12.4 Å². The molecule has 0 aliphatic heterocycles. The van der Waals surface area contributed by atoms with Gasteiger partial charge in [-0.05, 0) is 48.4 Å². The van der Waals surface area contributed by atoms with Crippen LogP contribution in [0.15, 0.2) is 76.5 Å². The molecule has 0 aliphatic carbocycles. The zero-order valence-electron chi connectivity index (χ0n) is 17.8. The number of aromatic nitrogens is 2. The highest BCUT2D eigenvalue weighted by atomic mass is 35.5. The van der Waals surface area contributed by atoms with Crippen LogP contribution in [0.5, 0.6) is 0 Å². The number of nitrogens with two attached hydrogens (primary N) is 1. The number of hydrogen-bond acceptors (Lipinski definition) is 10. The number of sulfone groups is 1. The van der Waals surface area contributed by atoms with Crippen molar-refractivity contribution < 1.29 is 18.8 Å². The molecule has 1 heterocycles. The van der Waals surface area contributed by atoms with Gasteiger partial charge >= 0.3 is 0 Å². The Morgan fingerprint density at radius 2 is 1.53 bits per heavy atom. The lowest BCUT2D eigenvalue weighted by atomic mass is 10.1. The second kappa shape index (κ2) is 10.5. The monoisotopic (exact) mass is 502 g/mol. The van der Waals surface area contributed by atoms with Crippen LogP contribution in [-0.2, 0) is 16.3 Å². The molecule has 0 fully saturated rings. The van der Waals surface area contributed by atoms with Crippen LogP contribution in [0.4, 0.5) is 23.1 Å². The van der Waals surface area contributed by atoms with Crippen LogP contribution in [0.1, 0.15) is 5.56 Å².